The van der Waals surface area contributed by atoms with E-state index in [-0.39, 0.29) is 0 Å². The molecule has 1 fully saturated rings. The van der Waals surface area contributed by atoms with Crippen molar-refractivity contribution in [2.24, 2.45) is 0 Å². The highest BCUT2D eigenvalue weighted by molar-refractivity contribution is 5.21. The van der Waals surface area contributed by atoms with Crippen LogP contribution in [0.3, 0.4) is 0 Å². The Bertz CT molecular complexity index is 396. The quantitative estimate of drug-likeness (QED) is 0.855. The molecule has 1 saturated carbocycles. The van der Waals surface area contributed by atoms with Crippen LogP contribution < -0.4 is 0 Å². The Labute approximate surface area is 115 Å². The molecule has 1 aliphatic rings. The predicted octanol–water partition coefficient (Wildman–Crippen LogP) is 2.13. The molecular formula is C16H25NO2. The second kappa shape index (κ2) is 5.61. The maximum Gasteiger partial charge on any atom is 0.0994 e. The topological polar surface area (TPSA) is 43.7 Å². The van der Waals surface area contributed by atoms with Gasteiger partial charge < -0.3 is 15.1 Å². The molecule has 19 heavy (non-hydrogen) atoms. The zero-order valence-corrected chi connectivity index (χ0v) is 12.0. The first-order chi connectivity index (χ1) is 8.91. The standard InChI is InChI=1S/C16H25NO2/c1-15(18,14-8-4-3-5-9-14)12-17(2)13-16(19)10-6-7-11-16/h3-5,8-9,18-19H,6-7,10-13H2,1-2H3. The molecule has 3 nitrogen and oxygen atoms in total. The number of aliphatic hydroxyl groups is 2. The average Bonchev–Trinajstić information content (AvgIpc) is 2.76. The van der Waals surface area contributed by atoms with Crippen LogP contribution in [0.2, 0.25) is 0 Å². The van der Waals surface area contributed by atoms with Crippen molar-refractivity contribution in [2.75, 3.05) is 20.1 Å². The van der Waals surface area contributed by atoms with Crippen LogP contribution in [0.25, 0.3) is 0 Å². The van der Waals surface area contributed by atoms with E-state index >= 15 is 0 Å². The number of nitrogens with zero attached hydrogens (tertiary/aromatic N) is 1. The number of hydrogen-bond donors (Lipinski definition) is 2. The average molecular weight is 263 g/mol. The van der Waals surface area contributed by atoms with Crippen molar-refractivity contribution in [2.45, 2.75) is 43.8 Å². The Morgan fingerprint density at radius 3 is 2.37 bits per heavy atom. The Morgan fingerprint density at radius 1 is 1.21 bits per heavy atom. The maximum absolute atomic E-state index is 10.6. The second-order valence-corrected chi connectivity index (χ2v) is 6.24. The first-order valence-corrected chi connectivity index (χ1v) is 7.10. The van der Waals surface area contributed by atoms with E-state index in [0.29, 0.717) is 13.1 Å². The number of rotatable bonds is 5. The van der Waals surface area contributed by atoms with Crippen molar-refractivity contribution in [1.29, 1.82) is 0 Å². The third-order valence-electron chi connectivity index (χ3n) is 4.07. The fraction of sp³-hybridized carbons (Fsp3) is 0.625. The minimum Gasteiger partial charge on any atom is -0.389 e. The van der Waals surface area contributed by atoms with Crippen molar-refractivity contribution >= 4 is 0 Å². The van der Waals surface area contributed by atoms with E-state index in [4.69, 9.17) is 0 Å². The molecule has 2 rings (SSSR count). The van der Waals surface area contributed by atoms with Crippen LogP contribution in [0, 0.1) is 0 Å². The van der Waals surface area contributed by atoms with Crippen molar-refractivity contribution < 1.29 is 10.2 Å². The van der Waals surface area contributed by atoms with Crippen molar-refractivity contribution in [3.63, 3.8) is 0 Å². The van der Waals surface area contributed by atoms with Crippen LogP contribution in [-0.4, -0.2) is 40.9 Å². The Kier molecular flexibility index (Phi) is 4.29. The smallest absolute Gasteiger partial charge is 0.0994 e. The minimum absolute atomic E-state index is 0.527. The van der Waals surface area contributed by atoms with Crippen LogP contribution in [0.1, 0.15) is 38.2 Å². The van der Waals surface area contributed by atoms with E-state index in [1.807, 2.05) is 49.2 Å². The molecule has 1 aromatic rings. The van der Waals surface area contributed by atoms with Gasteiger partial charge in [-0.15, -0.1) is 0 Å². The molecule has 3 heteroatoms. The van der Waals surface area contributed by atoms with Crippen LogP contribution in [0.15, 0.2) is 30.3 Å². The lowest BCUT2D eigenvalue weighted by molar-refractivity contribution is -0.0218. The zero-order valence-electron chi connectivity index (χ0n) is 12.0. The molecule has 106 valence electrons. The third kappa shape index (κ3) is 3.78. The molecule has 0 bridgehead atoms. The predicted molar refractivity (Wildman–Crippen MR) is 76.9 cm³/mol. The van der Waals surface area contributed by atoms with Gasteiger partial charge in [0.1, 0.15) is 0 Å². The Balaban J connectivity index is 1.96. The molecule has 1 aromatic carbocycles. The van der Waals surface area contributed by atoms with Gasteiger partial charge >= 0.3 is 0 Å². The van der Waals surface area contributed by atoms with E-state index in [1.165, 1.54) is 0 Å². The van der Waals surface area contributed by atoms with Gasteiger partial charge in [-0.1, -0.05) is 43.2 Å². The highest BCUT2D eigenvalue weighted by atomic mass is 16.3. The van der Waals surface area contributed by atoms with Gasteiger partial charge in [-0.25, -0.2) is 0 Å². The van der Waals surface area contributed by atoms with E-state index < -0.39 is 11.2 Å². The normalized spacial score (nSPS) is 21.5. The summed E-state index contributed by atoms with van der Waals surface area (Å²) in [7, 11) is 1.97. The summed E-state index contributed by atoms with van der Waals surface area (Å²) in [5.74, 6) is 0. The van der Waals surface area contributed by atoms with Gasteiger partial charge in [0.25, 0.3) is 0 Å². The first kappa shape index (κ1) is 14.5. The highest BCUT2D eigenvalue weighted by Crippen LogP contribution is 2.31. The van der Waals surface area contributed by atoms with Crippen LogP contribution in [-0.2, 0) is 5.60 Å². The summed E-state index contributed by atoms with van der Waals surface area (Å²) in [6, 6.07) is 9.71. The minimum atomic E-state index is -0.884. The largest absolute Gasteiger partial charge is 0.389 e. The molecule has 0 radical (unpaired) electrons. The third-order valence-corrected chi connectivity index (χ3v) is 4.07. The first-order valence-electron chi connectivity index (χ1n) is 7.10. The molecule has 0 amide bonds. The zero-order chi connectivity index (χ0) is 13.9. The van der Waals surface area contributed by atoms with Gasteiger partial charge in [0.05, 0.1) is 11.2 Å². The van der Waals surface area contributed by atoms with Crippen molar-refractivity contribution in [3.8, 4) is 0 Å². The maximum atomic E-state index is 10.6. The Hall–Kier alpha value is -0.900. The lowest BCUT2D eigenvalue weighted by atomic mass is 9.94. The van der Waals surface area contributed by atoms with Crippen LogP contribution in [0.4, 0.5) is 0 Å². The molecule has 0 heterocycles. The van der Waals surface area contributed by atoms with Gasteiger partial charge in [0.2, 0.25) is 0 Å². The second-order valence-electron chi connectivity index (χ2n) is 6.24. The summed E-state index contributed by atoms with van der Waals surface area (Å²) in [5.41, 5.74) is -0.521. The van der Waals surface area contributed by atoms with Crippen LogP contribution in [0.5, 0.6) is 0 Å². The van der Waals surface area contributed by atoms with E-state index in [2.05, 4.69) is 0 Å². The highest BCUT2D eigenvalue weighted by Gasteiger charge is 2.34. The molecule has 0 aromatic heterocycles. The fourth-order valence-corrected chi connectivity index (χ4v) is 3.16. The lowest BCUT2D eigenvalue weighted by Gasteiger charge is -2.34. The van der Waals surface area contributed by atoms with Gasteiger partial charge in [-0.2, -0.15) is 0 Å². The molecule has 0 spiro atoms. The molecular weight excluding hydrogens is 238 g/mol. The fourth-order valence-electron chi connectivity index (χ4n) is 3.16. The molecule has 1 aliphatic carbocycles. The van der Waals surface area contributed by atoms with Gasteiger partial charge in [0, 0.05) is 13.1 Å². The molecule has 0 aliphatic heterocycles. The number of benzene rings is 1. The van der Waals surface area contributed by atoms with E-state index in [1.54, 1.807) is 0 Å². The molecule has 2 N–H and O–H groups in total. The monoisotopic (exact) mass is 263 g/mol. The van der Waals surface area contributed by atoms with Crippen molar-refractivity contribution in [3.05, 3.63) is 35.9 Å². The summed E-state index contributed by atoms with van der Waals surface area (Å²) < 4.78 is 0. The summed E-state index contributed by atoms with van der Waals surface area (Å²) in [5, 5.41) is 21.0. The summed E-state index contributed by atoms with van der Waals surface area (Å²) in [6.45, 7) is 2.99. The van der Waals surface area contributed by atoms with Crippen LogP contribution >= 0.6 is 0 Å². The number of hydrogen-bond acceptors (Lipinski definition) is 3. The van der Waals surface area contributed by atoms with E-state index in [0.717, 1.165) is 31.2 Å². The van der Waals surface area contributed by atoms with Gasteiger partial charge in [0.15, 0.2) is 0 Å². The summed E-state index contributed by atoms with van der Waals surface area (Å²) >= 11 is 0. The summed E-state index contributed by atoms with van der Waals surface area (Å²) in [6.07, 6.45) is 3.98. The molecule has 1 unspecified atom stereocenters. The molecule has 0 saturated heterocycles. The van der Waals surface area contributed by atoms with Gasteiger partial charge in [-0.3, -0.25) is 0 Å². The van der Waals surface area contributed by atoms with E-state index in [9.17, 15) is 10.2 Å². The lowest BCUT2D eigenvalue weighted by Crippen LogP contribution is -2.44. The summed E-state index contributed by atoms with van der Waals surface area (Å²) in [4.78, 5) is 2.04. The van der Waals surface area contributed by atoms with Crippen molar-refractivity contribution in [1.82, 2.24) is 4.90 Å². The Morgan fingerprint density at radius 2 is 1.79 bits per heavy atom. The van der Waals surface area contributed by atoms with Gasteiger partial charge in [-0.05, 0) is 32.4 Å². The number of likely N-dealkylation sites (N-methyl/N-ethyl adjacent to an activating group) is 1. The SMILES string of the molecule is CN(CC1(O)CCCC1)CC(C)(O)c1ccccc1. The molecule has 1 atom stereocenters.